The van der Waals surface area contributed by atoms with Gasteiger partial charge in [0.25, 0.3) is 0 Å². The maximum Gasteiger partial charge on any atom is 0.307 e. The minimum atomic E-state index is -3.97. The predicted octanol–water partition coefficient (Wildman–Crippen LogP) is 5.75. The van der Waals surface area contributed by atoms with Crippen molar-refractivity contribution in [2.45, 2.75) is 122 Å². The summed E-state index contributed by atoms with van der Waals surface area (Å²) in [6, 6.07) is 6.61. The molecule has 1 aromatic heterocycles. The summed E-state index contributed by atoms with van der Waals surface area (Å²) < 4.78 is 51.6. The molecule has 328 valence electrons. The number of allylic oxidation sites excluding steroid dienone is 2. The second-order valence-corrected chi connectivity index (χ2v) is 21.4. The van der Waals surface area contributed by atoms with Crippen molar-refractivity contribution in [2.24, 2.45) is 29.1 Å². The molecule has 1 aromatic carbocycles. The molecular weight excluding hydrogens is 789 g/mol. The number of fused-ring (bicyclic) bond motifs is 3. The third kappa shape index (κ3) is 9.46. The Balaban J connectivity index is 1.25. The first-order valence-corrected chi connectivity index (χ1v) is 23.1. The molecule has 1 N–H and O–H groups in total. The number of hydrogen-bond donors (Lipinski definition) is 1. The van der Waals surface area contributed by atoms with Crippen LogP contribution in [0.25, 0.3) is 10.8 Å². The van der Waals surface area contributed by atoms with E-state index in [9.17, 15) is 22.8 Å². The van der Waals surface area contributed by atoms with Crippen LogP contribution in [0.1, 0.15) is 99.3 Å². The molecule has 0 unspecified atom stereocenters. The molecule has 7 rings (SSSR count). The summed E-state index contributed by atoms with van der Waals surface area (Å²) in [4.78, 5) is 66.1. The summed E-state index contributed by atoms with van der Waals surface area (Å²) in [6.07, 6.45) is 6.43. The van der Waals surface area contributed by atoms with Crippen LogP contribution >= 0.6 is 0 Å². The van der Waals surface area contributed by atoms with Crippen molar-refractivity contribution >= 4 is 50.2 Å². The molecule has 2 amide bonds. The van der Waals surface area contributed by atoms with Gasteiger partial charge in [0, 0.05) is 31.3 Å². The second kappa shape index (κ2) is 16.9. The Hall–Kier alpha value is -4.24. The van der Waals surface area contributed by atoms with Gasteiger partial charge in [-0.15, -0.1) is 0 Å². The predicted molar refractivity (Wildman–Crippen MR) is 226 cm³/mol. The van der Waals surface area contributed by atoms with Crippen molar-refractivity contribution in [3.05, 3.63) is 36.4 Å². The lowest BCUT2D eigenvalue weighted by molar-refractivity contribution is -0.160. The van der Waals surface area contributed by atoms with Crippen LogP contribution in [0.2, 0.25) is 0 Å². The first-order valence-electron chi connectivity index (χ1n) is 21.6. The van der Waals surface area contributed by atoms with Crippen molar-refractivity contribution < 1.29 is 46.5 Å². The largest absolute Gasteiger partial charge is 0.497 e. The van der Waals surface area contributed by atoms with E-state index in [1.165, 1.54) is 0 Å². The van der Waals surface area contributed by atoms with E-state index in [4.69, 9.17) is 23.9 Å². The highest BCUT2D eigenvalue weighted by Gasteiger charge is 2.62. The molecule has 2 aliphatic carbocycles. The summed E-state index contributed by atoms with van der Waals surface area (Å²) in [6.45, 7) is 13.5. The SMILES string of the molecule is COc1ccc2c(O[C@@H]3C[C@H]4C(=O)C[C@]5(C(=O)NS(=O)(=O)C6(C)CC6)C[C@H]5/C=C\CC[C@@H](C)C[C@@H](C)[C@H](CC(=O)OC(C)(C)C)C(=O)N4C3)nc(N3CCOCC3)cc2c1. The fraction of sp³-hybridized carbons (Fsp3) is 0.667. The highest BCUT2D eigenvalue weighted by molar-refractivity contribution is 7.91. The first kappa shape index (κ1) is 43.8. The van der Waals surface area contributed by atoms with Crippen molar-refractivity contribution in [2.75, 3.05) is 44.9 Å². The number of ether oxygens (including phenoxy) is 4. The molecule has 0 radical (unpaired) electrons. The highest BCUT2D eigenvalue weighted by atomic mass is 32.2. The average molecular weight is 851 g/mol. The van der Waals surface area contributed by atoms with E-state index in [-0.39, 0.29) is 55.3 Å². The number of benzene rings is 1. The fourth-order valence-electron chi connectivity index (χ4n) is 9.17. The number of nitrogens with one attached hydrogen (secondary N) is 1. The normalized spacial score (nSPS) is 30.3. The number of pyridine rings is 1. The summed E-state index contributed by atoms with van der Waals surface area (Å²) in [5, 5.41) is 1.58. The zero-order valence-corrected chi connectivity index (χ0v) is 37.0. The molecule has 60 heavy (non-hydrogen) atoms. The quantitative estimate of drug-likeness (QED) is 0.240. The average Bonchev–Trinajstić information content (AvgIpc) is 4.07. The number of carbonyl (C=O) groups excluding carboxylic acids is 4. The van der Waals surface area contributed by atoms with Crippen LogP contribution in [0.4, 0.5) is 5.82 Å². The van der Waals surface area contributed by atoms with Gasteiger partial charge in [-0.2, -0.15) is 4.98 Å². The van der Waals surface area contributed by atoms with Gasteiger partial charge < -0.3 is 28.7 Å². The van der Waals surface area contributed by atoms with Gasteiger partial charge >= 0.3 is 5.97 Å². The third-order valence-electron chi connectivity index (χ3n) is 13.2. The maximum atomic E-state index is 15.1. The number of nitrogens with zero attached hydrogens (tertiary/aromatic N) is 3. The van der Waals surface area contributed by atoms with E-state index >= 15 is 4.79 Å². The van der Waals surface area contributed by atoms with Gasteiger partial charge in [0.05, 0.1) is 55.4 Å². The Morgan fingerprint density at radius 1 is 1.07 bits per heavy atom. The molecule has 7 atom stereocenters. The van der Waals surface area contributed by atoms with Crippen molar-refractivity contribution in [1.29, 1.82) is 0 Å². The van der Waals surface area contributed by atoms with Crippen LogP contribution in [0, 0.1) is 29.1 Å². The number of morpholine rings is 1. The Kier molecular flexibility index (Phi) is 12.4. The molecule has 4 heterocycles. The smallest absolute Gasteiger partial charge is 0.307 e. The number of anilines is 1. The van der Waals surface area contributed by atoms with Gasteiger partial charge in [-0.25, -0.2) is 8.42 Å². The van der Waals surface area contributed by atoms with Gasteiger partial charge in [-0.1, -0.05) is 26.0 Å². The van der Waals surface area contributed by atoms with E-state index < -0.39 is 55.7 Å². The van der Waals surface area contributed by atoms with E-state index in [0.717, 1.165) is 17.2 Å². The number of hydrogen-bond acceptors (Lipinski definition) is 12. The minimum Gasteiger partial charge on any atom is -0.497 e. The first-order chi connectivity index (χ1) is 28.3. The minimum absolute atomic E-state index is 0.0404. The zero-order chi connectivity index (χ0) is 43.2. The molecule has 14 nitrogen and oxygen atoms in total. The number of rotatable bonds is 9. The number of Topliss-reactive ketones (excluding diaryl/α,β-unsaturated/α-hetero) is 1. The van der Waals surface area contributed by atoms with E-state index in [1.807, 2.05) is 43.3 Å². The second-order valence-electron chi connectivity index (χ2n) is 19.2. The number of ketones is 1. The van der Waals surface area contributed by atoms with Crippen molar-refractivity contribution in [3.63, 3.8) is 0 Å². The Morgan fingerprint density at radius 2 is 1.80 bits per heavy atom. The summed E-state index contributed by atoms with van der Waals surface area (Å²) in [5.41, 5.74) is -2.04. The van der Waals surface area contributed by atoms with Gasteiger partial charge in [-0.05, 0) is 114 Å². The van der Waals surface area contributed by atoms with Crippen LogP contribution < -0.4 is 19.1 Å². The molecule has 2 aromatic rings. The van der Waals surface area contributed by atoms with E-state index in [0.29, 0.717) is 75.9 Å². The topological polar surface area (TPSA) is 171 Å². The summed E-state index contributed by atoms with van der Waals surface area (Å²) in [5.74, 6) is -1.32. The molecule has 15 heteroatoms. The van der Waals surface area contributed by atoms with Gasteiger partial charge in [0.15, 0.2) is 5.78 Å². The lowest BCUT2D eigenvalue weighted by Crippen LogP contribution is -2.48. The van der Waals surface area contributed by atoms with Crippen LogP contribution in [0.15, 0.2) is 36.4 Å². The number of aromatic nitrogens is 1. The van der Waals surface area contributed by atoms with Gasteiger partial charge in [-0.3, -0.25) is 23.9 Å². The molecule has 2 saturated carbocycles. The van der Waals surface area contributed by atoms with Crippen LogP contribution in [-0.4, -0.2) is 104 Å². The monoisotopic (exact) mass is 850 g/mol. The molecule has 0 spiro atoms. The fourth-order valence-corrected chi connectivity index (χ4v) is 10.5. The van der Waals surface area contributed by atoms with Gasteiger partial charge in [0.2, 0.25) is 27.7 Å². The standard InChI is InChI=1S/C45H62N4O10S/c1-28-10-8-9-11-31-25-45(31,42(53)47-60(54,55)44(6)14-15-44)26-37(50)36-23-33(27-49(36)41(52)35(29(2)20-28)24-39(51)59-43(3,4)5)58-40-34-13-12-32(56-7)21-30(34)22-38(46-40)48-16-18-57-19-17-48/h9,11-13,21-22,28-29,31,33,35-36H,8,10,14-20,23-27H2,1-7H3,(H,47,53)/b11-9-/t28-,29-,31-,33-,35+,36+,45-/m1/s1. The molecule has 4 fully saturated rings. The number of carbonyl (C=O) groups is 4. The molecule has 0 bridgehead atoms. The number of methoxy groups -OCH3 is 1. The Bertz CT molecular complexity index is 2120. The van der Waals surface area contributed by atoms with Crippen LogP contribution in [-0.2, 0) is 38.7 Å². The molecule has 2 saturated heterocycles. The lowest BCUT2D eigenvalue weighted by Gasteiger charge is -2.32. The molecule has 3 aliphatic heterocycles. The van der Waals surface area contributed by atoms with Crippen molar-refractivity contribution in [1.82, 2.24) is 14.6 Å². The highest BCUT2D eigenvalue weighted by Crippen LogP contribution is 2.58. The number of sulfonamides is 1. The Labute approximate surface area is 354 Å². The van der Waals surface area contributed by atoms with Crippen LogP contribution in [0.3, 0.4) is 0 Å². The summed E-state index contributed by atoms with van der Waals surface area (Å²) >= 11 is 0. The molecule has 5 aliphatic rings. The zero-order valence-electron chi connectivity index (χ0n) is 36.2. The van der Waals surface area contributed by atoms with Crippen LogP contribution in [0.5, 0.6) is 11.6 Å². The van der Waals surface area contributed by atoms with Gasteiger partial charge in [0.1, 0.15) is 23.3 Å². The lowest BCUT2D eigenvalue weighted by atomic mass is 9.82. The third-order valence-corrected chi connectivity index (χ3v) is 15.4. The van der Waals surface area contributed by atoms with E-state index in [1.54, 1.807) is 39.7 Å². The number of esters is 1. The summed E-state index contributed by atoms with van der Waals surface area (Å²) in [7, 11) is -2.36. The maximum absolute atomic E-state index is 15.1. The van der Waals surface area contributed by atoms with E-state index in [2.05, 4.69) is 16.5 Å². The number of amides is 2. The molecular formula is C45H62N4O10S. The Morgan fingerprint density at radius 3 is 2.48 bits per heavy atom. The van der Waals surface area contributed by atoms with Crippen molar-refractivity contribution in [3.8, 4) is 11.6 Å².